The normalized spacial score (nSPS) is 10.6. The third kappa shape index (κ3) is 6.07. The largest absolute Gasteiger partial charge is 0.482 e. The minimum atomic E-state index is -0.382. The van der Waals surface area contributed by atoms with Crippen LogP contribution in [0.5, 0.6) is 5.75 Å². The summed E-state index contributed by atoms with van der Waals surface area (Å²) in [5.41, 5.74) is 3.12. The first-order valence-electron chi connectivity index (χ1n) is 9.89. The van der Waals surface area contributed by atoms with Gasteiger partial charge in [-0.1, -0.05) is 46.3 Å². The van der Waals surface area contributed by atoms with Gasteiger partial charge in [-0.15, -0.1) is 0 Å². The van der Waals surface area contributed by atoms with Gasteiger partial charge in [0.05, 0.1) is 6.61 Å². The van der Waals surface area contributed by atoms with E-state index in [-0.39, 0.29) is 18.1 Å². The molecule has 6 heteroatoms. The lowest BCUT2D eigenvalue weighted by atomic mass is 10.1. The van der Waals surface area contributed by atoms with E-state index in [4.69, 9.17) is 9.47 Å². The van der Waals surface area contributed by atoms with Crippen LogP contribution in [0, 0.1) is 0 Å². The Labute approximate surface area is 184 Å². The molecule has 0 aliphatic rings. The van der Waals surface area contributed by atoms with Crippen LogP contribution in [0.4, 0.5) is 0 Å². The van der Waals surface area contributed by atoms with Crippen LogP contribution in [-0.4, -0.2) is 23.8 Å². The van der Waals surface area contributed by atoms with Crippen molar-refractivity contribution in [2.45, 2.75) is 26.3 Å². The number of carbonyl (C=O) groups excluding carboxylic acids is 1. The van der Waals surface area contributed by atoms with Gasteiger partial charge in [-0.3, -0.25) is 4.79 Å². The van der Waals surface area contributed by atoms with Gasteiger partial charge in [-0.25, -0.2) is 4.79 Å². The van der Waals surface area contributed by atoms with Gasteiger partial charge in [0.25, 0.3) is 5.56 Å². The van der Waals surface area contributed by atoms with Crippen molar-refractivity contribution in [3.63, 3.8) is 0 Å². The third-order valence-corrected chi connectivity index (χ3v) is 5.28. The number of nitrogens with zero attached hydrogens (tertiary/aromatic N) is 1. The summed E-state index contributed by atoms with van der Waals surface area (Å²) in [6, 6.07) is 19.1. The minimum Gasteiger partial charge on any atom is -0.482 e. The number of pyridine rings is 1. The fourth-order valence-electron chi connectivity index (χ4n) is 3.15. The highest BCUT2D eigenvalue weighted by molar-refractivity contribution is 9.10. The molecular formula is C24H24BrNO4. The average molecular weight is 470 g/mol. The van der Waals surface area contributed by atoms with Crippen molar-refractivity contribution in [3.8, 4) is 16.9 Å². The first kappa shape index (κ1) is 21.8. The molecule has 0 saturated heterocycles. The first-order valence-corrected chi connectivity index (χ1v) is 10.7. The number of aromatic nitrogens is 1. The fourth-order valence-corrected chi connectivity index (χ4v) is 3.66. The number of esters is 1. The lowest BCUT2D eigenvalue weighted by Gasteiger charge is -2.10. The highest BCUT2D eigenvalue weighted by atomic mass is 79.9. The molecule has 1 heterocycles. The summed E-state index contributed by atoms with van der Waals surface area (Å²) in [6.07, 6.45) is 3.50. The van der Waals surface area contributed by atoms with Gasteiger partial charge in [-0.05, 0) is 60.7 Å². The van der Waals surface area contributed by atoms with Crippen LogP contribution in [0.25, 0.3) is 11.1 Å². The number of ether oxygens (including phenoxy) is 2. The van der Waals surface area contributed by atoms with Crippen molar-refractivity contribution in [3.05, 3.63) is 87.3 Å². The van der Waals surface area contributed by atoms with Gasteiger partial charge < -0.3 is 14.0 Å². The zero-order chi connectivity index (χ0) is 21.3. The number of carbonyl (C=O) groups is 1. The second kappa shape index (κ2) is 10.8. The maximum atomic E-state index is 12.3. The molecule has 0 N–H and O–H groups in total. The topological polar surface area (TPSA) is 57.5 Å². The summed E-state index contributed by atoms with van der Waals surface area (Å²) in [7, 11) is 0. The number of hydrogen-bond donors (Lipinski definition) is 0. The Balaban J connectivity index is 1.61. The Kier molecular flexibility index (Phi) is 7.85. The Morgan fingerprint density at radius 1 is 1.07 bits per heavy atom. The molecule has 5 nitrogen and oxygen atoms in total. The molecule has 1 aromatic heterocycles. The van der Waals surface area contributed by atoms with E-state index in [9.17, 15) is 9.59 Å². The molecule has 156 valence electrons. The lowest BCUT2D eigenvalue weighted by Crippen LogP contribution is -2.18. The summed E-state index contributed by atoms with van der Waals surface area (Å²) in [5, 5.41) is 0. The van der Waals surface area contributed by atoms with Crippen LogP contribution >= 0.6 is 15.9 Å². The maximum absolute atomic E-state index is 12.3. The third-order valence-electron chi connectivity index (χ3n) is 4.59. The summed E-state index contributed by atoms with van der Waals surface area (Å²) in [6.45, 7) is 2.61. The van der Waals surface area contributed by atoms with E-state index in [1.54, 1.807) is 17.6 Å². The number of halogens is 1. The SMILES string of the molecule is CCOC(=O)COc1cccc(CCCn2cc(-c3ccccc3Br)ccc2=O)c1. The van der Waals surface area contributed by atoms with Gasteiger partial charge >= 0.3 is 5.97 Å². The summed E-state index contributed by atoms with van der Waals surface area (Å²) < 4.78 is 13.1. The van der Waals surface area contributed by atoms with Gasteiger partial charge in [0.15, 0.2) is 6.61 Å². The summed E-state index contributed by atoms with van der Waals surface area (Å²) in [4.78, 5) is 23.7. The van der Waals surface area contributed by atoms with Gasteiger partial charge in [0.2, 0.25) is 0 Å². The minimum absolute atomic E-state index is 0.0164. The number of benzene rings is 2. The molecule has 2 aromatic carbocycles. The second-order valence-corrected chi connectivity index (χ2v) is 7.63. The molecule has 30 heavy (non-hydrogen) atoms. The van der Waals surface area contributed by atoms with E-state index in [1.165, 1.54) is 0 Å². The second-order valence-electron chi connectivity index (χ2n) is 6.77. The molecule has 0 aliphatic heterocycles. The Hall–Kier alpha value is -2.86. The Morgan fingerprint density at radius 3 is 2.70 bits per heavy atom. The van der Waals surface area contributed by atoms with Crippen molar-refractivity contribution in [1.82, 2.24) is 4.57 Å². The van der Waals surface area contributed by atoms with E-state index < -0.39 is 0 Å². The molecule has 0 aliphatic carbocycles. The fraction of sp³-hybridized carbons (Fsp3) is 0.250. The van der Waals surface area contributed by atoms with Gasteiger partial charge in [-0.2, -0.15) is 0 Å². The van der Waals surface area contributed by atoms with Crippen LogP contribution in [0.2, 0.25) is 0 Å². The quantitative estimate of drug-likeness (QED) is 0.420. The van der Waals surface area contributed by atoms with Crippen molar-refractivity contribution in [2.75, 3.05) is 13.2 Å². The lowest BCUT2D eigenvalue weighted by molar-refractivity contribution is -0.145. The van der Waals surface area contributed by atoms with Crippen LogP contribution in [0.1, 0.15) is 18.9 Å². The Morgan fingerprint density at radius 2 is 1.90 bits per heavy atom. The molecule has 3 aromatic rings. The molecule has 0 bridgehead atoms. The van der Waals surface area contributed by atoms with E-state index in [0.717, 1.165) is 34.0 Å². The smallest absolute Gasteiger partial charge is 0.344 e. The van der Waals surface area contributed by atoms with Crippen LogP contribution < -0.4 is 10.3 Å². The molecule has 0 spiro atoms. The Bertz CT molecular complexity index is 1060. The van der Waals surface area contributed by atoms with Crippen molar-refractivity contribution >= 4 is 21.9 Å². The zero-order valence-corrected chi connectivity index (χ0v) is 18.4. The molecule has 0 fully saturated rings. The van der Waals surface area contributed by atoms with Crippen LogP contribution in [-0.2, 0) is 22.5 Å². The van der Waals surface area contributed by atoms with Crippen LogP contribution in [0.3, 0.4) is 0 Å². The predicted molar refractivity (Wildman–Crippen MR) is 121 cm³/mol. The average Bonchev–Trinajstić information content (AvgIpc) is 2.75. The van der Waals surface area contributed by atoms with E-state index in [0.29, 0.717) is 18.9 Å². The molecule has 0 unspecified atom stereocenters. The highest BCUT2D eigenvalue weighted by Gasteiger charge is 2.06. The van der Waals surface area contributed by atoms with Crippen molar-refractivity contribution in [1.29, 1.82) is 0 Å². The predicted octanol–water partition coefficient (Wildman–Crippen LogP) is 4.85. The van der Waals surface area contributed by atoms with Gasteiger partial charge in [0.1, 0.15) is 5.75 Å². The highest BCUT2D eigenvalue weighted by Crippen LogP contribution is 2.27. The standard InChI is InChI=1S/C24H24BrNO4/c1-2-29-24(28)17-30-20-9-5-7-18(15-20)8-6-14-26-16-19(12-13-23(26)27)21-10-3-4-11-22(21)25/h3-5,7,9-13,15-16H,2,6,8,14,17H2,1H3. The summed E-state index contributed by atoms with van der Waals surface area (Å²) in [5.74, 6) is 0.251. The number of rotatable bonds is 9. The molecule has 0 radical (unpaired) electrons. The van der Waals surface area contributed by atoms with Gasteiger partial charge in [0, 0.05) is 23.3 Å². The van der Waals surface area contributed by atoms with E-state index in [1.807, 2.05) is 60.8 Å². The van der Waals surface area contributed by atoms with Crippen LogP contribution in [0.15, 0.2) is 76.1 Å². The molecular weight excluding hydrogens is 446 g/mol. The molecule has 0 saturated carbocycles. The zero-order valence-electron chi connectivity index (χ0n) is 16.8. The molecule has 0 amide bonds. The van der Waals surface area contributed by atoms with E-state index >= 15 is 0 Å². The summed E-state index contributed by atoms with van der Waals surface area (Å²) >= 11 is 3.57. The molecule has 0 atom stereocenters. The maximum Gasteiger partial charge on any atom is 0.344 e. The first-order chi connectivity index (χ1) is 14.6. The van der Waals surface area contributed by atoms with Crippen molar-refractivity contribution in [2.24, 2.45) is 0 Å². The number of aryl methyl sites for hydroxylation is 2. The number of hydrogen-bond acceptors (Lipinski definition) is 4. The van der Waals surface area contributed by atoms with E-state index in [2.05, 4.69) is 15.9 Å². The monoisotopic (exact) mass is 469 g/mol. The molecule has 3 rings (SSSR count). The van der Waals surface area contributed by atoms with Crippen molar-refractivity contribution < 1.29 is 14.3 Å².